The maximum absolute atomic E-state index is 5.68. The Morgan fingerprint density at radius 3 is 2.50 bits per heavy atom. The second-order valence-corrected chi connectivity index (χ2v) is 4.12. The summed E-state index contributed by atoms with van der Waals surface area (Å²) < 4.78 is 1.08. The van der Waals surface area contributed by atoms with Crippen molar-refractivity contribution in [3.05, 3.63) is 34.3 Å². The second-order valence-electron chi connectivity index (χ2n) is 3.20. The molecule has 0 saturated carbocycles. The van der Waals surface area contributed by atoms with E-state index in [1.807, 2.05) is 26.0 Å². The molecule has 2 nitrogen and oxygen atoms in total. The zero-order chi connectivity index (χ0) is 10.6. The van der Waals surface area contributed by atoms with E-state index in [-0.39, 0.29) is 6.04 Å². The third-order valence-corrected chi connectivity index (χ3v) is 2.60. The lowest BCUT2D eigenvalue weighted by Crippen LogP contribution is -2.11. The van der Waals surface area contributed by atoms with Crippen molar-refractivity contribution in [2.45, 2.75) is 26.3 Å². The summed E-state index contributed by atoms with van der Waals surface area (Å²) in [5, 5.41) is 0. The van der Waals surface area contributed by atoms with Gasteiger partial charge in [-0.25, -0.2) is 0 Å². The lowest BCUT2D eigenvalue weighted by atomic mass is 10.1. The van der Waals surface area contributed by atoms with E-state index in [4.69, 9.17) is 5.73 Å². The molecule has 1 aromatic carbocycles. The van der Waals surface area contributed by atoms with E-state index in [0.29, 0.717) is 5.84 Å². The quantitative estimate of drug-likeness (QED) is 0.653. The maximum atomic E-state index is 5.68. The van der Waals surface area contributed by atoms with Crippen molar-refractivity contribution in [1.29, 1.82) is 0 Å². The van der Waals surface area contributed by atoms with Crippen LogP contribution in [0.25, 0.3) is 0 Å². The molecule has 1 aromatic rings. The van der Waals surface area contributed by atoms with Crippen LogP contribution in [0.15, 0.2) is 33.7 Å². The fraction of sp³-hybridized carbons (Fsp3) is 0.364. The van der Waals surface area contributed by atoms with Crippen LogP contribution in [0.2, 0.25) is 0 Å². The van der Waals surface area contributed by atoms with Gasteiger partial charge in [0.05, 0.1) is 11.9 Å². The lowest BCUT2D eigenvalue weighted by molar-refractivity contribution is 0.812. The van der Waals surface area contributed by atoms with Gasteiger partial charge in [0.1, 0.15) is 0 Å². The Morgan fingerprint density at radius 2 is 2.00 bits per heavy atom. The summed E-state index contributed by atoms with van der Waals surface area (Å²) in [5.74, 6) is 0.709. The van der Waals surface area contributed by atoms with E-state index >= 15 is 0 Å². The Kier molecular flexibility index (Phi) is 4.14. The molecule has 76 valence electrons. The highest BCUT2D eigenvalue weighted by Crippen LogP contribution is 2.19. The Morgan fingerprint density at radius 1 is 1.43 bits per heavy atom. The summed E-state index contributed by atoms with van der Waals surface area (Å²) in [7, 11) is 0. The predicted molar refractivity (Wildman–Crippen MR) is 64.5 cm³/mol. The molecule has 14 heavy (non-hydrogen) atoms. The minimum Gasteiger partial charge on any atom is -0.387 e. The van der Waals surface area contributed by atoms with Gasteiger partial charge in [-0.2, -0.15) is 0 Å². The molecule has 3 heteroatoms. The SMILES string of the molecule is CCC(N)=NC(C)c1ccc(Br)cc1. The smallest absolute Gasteiger partial charge is 0.0941 e. The minimum atomic E-state index is 0.142. The number of hydrogen-bond acceptors (Lipinski definition) is 1. The van der Waals surface area contributed by atoms with Crippen LogP contribution in [0, 0.1) is 0 Å². The molecule has 0 radical (unpaired) electrons. The zero-order valence-corrected chi connectivity index (χ0v) is 10.1. The molecule has 1 unspecified atom stereocenters. The van der Waals surface area contributed by atoms with E-state index in [0.717, 1.165) is 10.9 Å². The number of nitrogens with two attached hydrogens (primary N) is 1. The van der Waals surface area contributed by atoms with E-state index in [9.17, 15) is 0 Å². The molecule has 1 atom stereocenters. The van der Waals surface area contributed by atoms with E-state index < -0.39 is 0 Å². The first-order valence-corrected chi connectivity index (χ1v) is 5.50. The second kappa shape index (κ2) is 5.15. The minimum absolute atomic E-state index is 0.142. The number of nitrogens with zero attached hydrogens (tertiary/aromatic N) is 1. The third-order valence-electron chi connectivity index (χ3n) is 2.07. The highest BCUT2D eigenvalue weighted by molar-refractivity contribution is 9.10. The van der Waals surface area contributed by atoms with Gasteiger partial charge < -0.3 is 5.73 Å². The predicted octanol–water partition coefficient (Wildman–Crippen LogP) is 3.28. The van der Waals surface area contributed by atoms with Gasteiger partial charge in [0, 0.05) is 10.9 Å². The number of rotatable bonds is 3. The van der Waals surface area contributed by atoms with Crippen molar-refractivity contribution in [1.82, 2.24) is 0 Å². The molecule has 0 heterocycles. The van der Waals surface area contributed by atoms with Gasteiger partial charge in [0.2, 0.25) is 0 Å². The van der Waals surface area contributed by atoms with Gasteiger partial charge in [0.25, 0.3) is 0 Å². The molecule has 0 saturated heterocycles. The van der Waals surface area contributed by atoms with Crippen LogP contribution >= 0.6 is 15.9 Å². The van der Waals surface area contributed by atoms with Crippen LogP contribution in [-0.4, -0.2) is 5.84 Å². The Hall–Kier alpha value is -0.830. The summed E-state index contributed by atoms with van der Waals surface area (Å²) in [6.07, 6.45) is 0.806. The molecule has 0 aliphatic carbocycles. The van der Waals surface area contributed by atoms with Gasteiger partial charge in [-0.15, -0.1) is 0 Å². The van der Waals surface area contributed by atoms with Gasteiger partial charge in [-0.3, -0.25) is 4.99 Å². The van der Waals surface area contributed by atoms with Crippen LogP contribution < -0.4 is 5.73 Å². The molecule has 1 rings (SSSR count). The average molecular weight is 255 g/mol. The maximum Gasteiger partial charge on any atom is 0.0941 e. The van der Waals surface area contributed by atoms with Crippen molar-refractivity contribution in [3.63, 3.8) is 0 Å². The summed E-state index contributed by atoms with van der Waals surface area (Å²) in [6.45, 7) is 4.05. The molecular formula is C11H15BrN2. The topological polar surface area (TPSA) is 38.4 Å². The normalized spacial score (nSPS) is 14.1. The van der Waals surface area contributed by atoms with Crippen LogP contribution in [0.3, 0.4) is 0 Å². The first kappa shape index (κ1) is 11.2. The number of halogens is 1. The zero-order valence-electron chi connectivity index (χ0n) is 8.50. The molecule has 0 fully saturated rings. The fourth-order valence-corrected chi connectivity index (χ4v) is 1.42. The standard InChI is InChI=1S/C11H15BrN2/c1-3-11(13)14-8(2)9-4-6-10(12)7-5-9/h4-8H,3H2,1-2H3,(H2,13,14). The number of benzene rings is 1. The lowest BCUT2D eigenvalue weighted by Gasteiger charge is -2.07. The molecule has 0 bridgehead atoms. The monoisotopic (exact) mass is 254 g/mol. The van der Waals surface area contributed by atoms with E-state index in [2.05, 4.69) is 33.1 Å². The molecular weight excluding hydrogens is 240 g/mol. The first-order chi connectivity index (χ1) is 6.63. The van der Waals surface area contributed by atoms with Crippen LogP contribution in [0.1, 0.15) is 31.9 Å². The summed E-state index contributed by atoms with van der Waals surface area (Å²) in [6, 6.07) is 8.29. The molecule has 0 amide bonds. The van der Waals surface area contributed by atoms with Crippen molar-refractivity contribution < 1.29 is 0 Å². The van der Waals surface area contributed by atoms with E-state index in [1.165, 1.54) is 5.56 Å². The Labute approximate surface area is 93.4 Å². The van der Waals surface area contributed by atoms with Crippen molar-refractivity contribution in [3.8, 4) is 0 Å². The van der Waals surface area contributed by atoms with Gasteiger partial charge in [-0.05, 0) is 24.6 Å². The molecule has 0 spiro atoms. The first-order valence-electron chi connectivity index (χ1n) is 4.71. The van der Waals surface area contributed by atoms with Crippen LogP contribution in [0.5, 0.6) is 0 Å². The van der Waals surface area contributed by atoms with Crippen LogP contribution in [-0.2, 0) is 0 Å². The molecule has 0 aliphatic rings. The average Bonchev–Trinajstić information content (AvgIpc) is 2.18. The fourth-order valence-electron chi connectivity index (χ4n) is 1.16. The molecule has 0 aromatic heterocycles. The Balaban J connectivity index is 2.79. The number of amidine groups is 1. The van der Waals surface area contributed by atoms with Crippen molar-refractivity contribution in [2.75, 3.05) is 0 Å². The number of hydrogen-bond donors (Lipinski definition) is 1. The summed E-state index contributed by atoms with van der Waals surface area (Å²) in [4.78, 5) is 4.37. The molecule has 2 N–H and O–H groups in total. The molecule has 0 aliphatic heterocycles. The third kappa shape index (κ3) is 3.14. The van der Waals surface area contributed by atoms with Gasteiger partial charge >= 0.3 is 0 Å². The van der Waals surface area contributed by atoms with E-state index in [1.54, 1.807) is 0 Å². The van der Waals surface area contributed by atoms with Crippen LogP contribution in [0.4, 0.5) is 0 Å². The highest BCUT2D eigenvalue weighted by atomic mass is 79.9. The Bertz CT molecular complexity index is 317. The summed E-state index contributed by atoms with van der Waals surface area (Å²) in [5.41, 5.74) is 6.87. The van der Waals surface area contributed by atoms with Gasteiger partial charge in [0.15, 0.2) is 0 Å². The van der Waals surface area contributed by atoms with Crippen molar-refractivity contribution >= 4 is 21.8 Å². The number of aliphatic imine (C=N–C) groups is 1. The van der Waals surface area contributed by atoms with Crippen molar-refractivity contribution in [2.24, 2.45) is 10.7 Å². The highest BCUT2D eigenvalue weighted by Gasteiger charge is 2.02. The summed E-state index contributed by atoms with van der Waals surface area (Å²) >= 11 is 3.40. The van der Waals surface area contributed by atoms with Gasteiger partial charge in [-0.1, -0.05) is 35.0 Å². The largest absolute Gasteiger partial charge is 0.387 e.